The van der Waals surface area contributed by atoms with E-state index in [1.165, 1.54) is 0 Å². The van der Waals surface area contributed by atoms with E-state index in [1.54, 1.807) is 13.8 Å². The van der Waals surface area contributed by atoms with Crippen LogP contribution in [0.4, 0.5) is 0 Å². The Morgan fingerprint density at radius 3 is 1.00 bits per heavy atom. The average Bonchev–Trinajstić information content (AvgIpc) is 1.39. The third-order valence-electron chi connectivity index (χ3n) is 0. The van der Waals surface area contributed by atoms with Crippen LogP contribution in [0.15, 0.2) is 0 Å². The number of aliphatic hydroxyl groups is 2. The molecule has 0 saturated heterocycles. The maximum Gasteiger partial charge on any atom is 0.0402 e. The van der Waals surface area contributed by atoms with Gasteiger partial charge < -0.3 is 10.2 Å². The molecule has 7 heavy (non-hydrogen) atoms. The number of hydrogen-bond donors (Lipinski definition) is 2. The monoisotopic (exact) mass is 131 g/mol. The molecule has 0 heterocycles. The van der Waals surface area contributed by atoms with Gasteiger partial charge in [0.15, 0.2) is 0 Å². The second-order valence-corrected chi connectivity index (χ2v) is 0.632. The van der Waals surface area contributed by atoms with Gasteiger partial charge in [0.2, 0.25) is 0 Å². The topological polar surface area (TPSA) is 40.5 Å². The Balaban J connectivity index is -0.0000000400. The molecule has 0 aromatic heterocycles. The molecule has 0 aliphatic rings. The zero-order valence-corrected chi connectivity index (χ0v) is 8.43. The van der Waals surface area contributed by atoms with Crippen molar-refractivity contribution < 1.29 is 10.2 Å². The predicted octanol–water partition coefficient (Wildman–Crippen LogP) is -0.384. The molecule has 0 aliphatic heterocycles. The van der Waals surface area contributed by atoms with Gasteiger partial charge in [0.25, 0.3) is 0 Å². The third kappa shape index (κ3) is 96.3. The maximum absolute atomic E-state index is 7.57. The molecule has 0 unspecified atom stereocenters. The molecule has 1 radical (unpaired) electrons. The van der Waals surface area contributed by atoms with E-state index >= 15 is 0 Å². The van der Waals surface area contributed by atoms with Crippen molar-refractivity contribution >= 4 is 51.4 Å². The van der Waals surface area contributed by atoms with Gasteiger partial charge in [0.1, 0.15) is 0 Å². The summed E-state index contributed by atoms with van der Waals surface area (Å²) >= 11 is 0. The van der Waals surface area contributed by atoms with E-state index in [0.29, 0.717) is 0 Å². The van der Waals surface area contributed by atoms with E-state index in [9.17, 15) is 0 Å². The first kappa shape index (κ1) is 15.8. The molecule has 0 atom stereocenters. The van der Waals surface area contributed by atoms with Crippen molar-refractivity contribution in [3.63, 3.8) is 0 Å². The standard InChI is InChI=1S/2C2H6O.K/c2*1-2-3;/h2*3H,2H2,1H3;. The zero-order chi connectivity index (χ0) is 5.41. The van der Waals surface area contributed by atoms with E-state index in [-0.39, 0.29) is 64.6 Å². The first-order chi connectivity index (χ1) is 2.83. The Hall–Kier alpha value is 1.56. The average molecular weight is 131 g/mol. The van der Waals surface area contributed by atoms with Crippen LogP contribution >= 0.6 is 0 Å². The second kappa shape index (κ2) is 25.7. The summed E-state index contributed by atoms with van der Waals surface area (Å²) in [5.41, 5.74) is 0. The Bertz CT molecular complexity index is 11.7. The molecule has 0 aromatic rings. The van der Waals surface area contributed by atoms with Crippen LogP contribution in [0, 0.1) is 0 Å². The van der Waals surface area contributed by atoms with E-state index in [2.05, 4.69) is 0 Å². The van der Waals surface area contributed by atoms with Crippen molar-refractivity contribution in [2.24, 2.45) is 0 Å². The fourth-order valence-corrected chi connectivity index (χ4v) is 0. The predicted molar refractivity (Wildman–Crippen MR) is 31.3 cm³/mol. The minimum atomic E-state index is 0. The summed E-state index contributed by atoms with van der Waals surface area (Å²) in [5, 5.41) is 15.1. The summed E-state index contributed by atoms with van der Waals surface area (Å²) in [6.07, 6.45) is 0. The van der Waals surface area contributed by atoms with Gasteiger partial charge in [-0.25, -0.2) is 0 Å². The number of hydrogen-bond acceptors (Lipinski definition) is 2. The molecule has 3 heteroatoms. The molecule has 0 amide bonds. The van der Waals surface area contributed by atoms with E-state index in [4.69, 9.17) is 10.2 Å². The zero-order valence-electron chi connectivity index (χ0n) is 5.31. The third-order valence-corrected chi connectivity index (χ3v) is 0. The molecule has 41 valence electrons. The van der Waals surface area contributed by atoms with Gasteiger partial charge in [-0.05, 0) is 13.8 Å². The van der Waals surface area contributed by atoms with Gasteiger partial charge in [0.05, 0.1) is 0 Å². The molecule has 2 N–H and O–H groups in total. The molecular weight excluding hydrogens is 119 g/mol. The molecule has 0 spiro atoms. The minimum absolute atomic E-state index is 0. The summed E-state index contributed by atoms with van der Waals surface area (Å²) in [7, 11) is 0. The molecule has 0 aliphatic carbocycles. The Morgan fingerprint density at radius 1 is 1.00 bits per heavy atom. The first-order valence-corrected chi connectivity index (χ1v) is 2.05. The Labute approximate surface area is 87.4 Å². The quantitative estimate of drug-likeness (QED) is 0.440. The van der Waals surface area contributed by atoms with Crippen LogP contribution in [0.2, 0.25) is 0 Å². The Kier molecular flexibility index (Phi) is 58.1. The fraction of sp³-hybridized carbons (Fsp3) is 1.00. The first-order valence-electron chi connectivity index (χ1n) is 2.05. The van der Waals surface area contributed by atoms with Crippen molar-refractivity contribution in [2.45, 2.75) is 13.8 Å². The van der Waals surface area contributed by atoms with Crippen molar-refractivity contribution in [3.8, 4) is 0 Å². The molecule has 0 saturated carbocycles. The summed E-state index contributed by atoms with van der Waals surface area (Å²) < 4.78 is 0. The van der Waals surface area contributed by atoms with Gasteiger partial charge in [0, 0.05) is 64.6 Å². The van der Waals surface area contributed by atoms with Crippen LogP contribution in [0.25, 0.3) is 0 Å². The van der Waals surface area contributed by atoms with Crippen LogP contribution in [0.3, 0.4) is 0 Å². The molecule has 0 rings (SSSR count). The number of rotatable bonds is 0. The van der Waals surface area contributed by atoms with Gasteiger partial charge in [-0.1, -0.05) is 0 Å². The van der Waals surface area contributed by atoms with Crippen molar-refractivity contribution in [2.75, 3.05) is 13.2 Å². The van der Waals surface area contributed by atoms with Gasteiger partial charge >= 0.3 is 0 Å². The summed E-state index contributed by atoms with van der Waals surface area (Å²) in [5.74, 6) is 0. The van der Waals surface area contributed by atoms with E-state index in [0.717, 1.165) is 0 Å². The van der Waals surface area contributed by atoms with Crippen LogP contribution < -0.4 is 0 Å². The molecular formula is C4H12KO2. The van der Waals surface area contributed by atoms with Crippen LogP contribution in [0.1, 0.15) is 13.8 Å². The van der Waals surface area contributed by atoms with E-state index < -0.39 is 0 Å². The summed E-state index contributed by atoms with van der Waals surface area (Å²) in [4.78, 5) is 0. The van der Waals surface area contributed by atoms with E-state index in [1.807, 2.05) is 0 Å². The second-order valence-electron chi connectivity index (χ2n) is 0.632. The van der Waals surface area contributed by atoms with Gasteiger partial charge in [-0.15, -0.1) is 0 Å². The maximum atomic E-state index is 7.57. The van der Waals surface area contributed by atoms with Crippen LogP contribution in [0.5, 0.6) is 0 Å². The largest absolute Gasteiger partial charge is 0.397 e. The SMILES string of the molecule is CCO.CCO.[K]. The summed E-state index contributed by atoms with van der Waals surface area (Å²) in [6, 6.07) is 0. The number of aliphatic hydroxyl groups excluding tert-OH is 2. The normalized spacial score (nSPS) is 5.14. The van der Waals surface area contributed by atoms with Crippen molar-refractivity contribution in [1.82, 2.24) is 0 Å². The van der Waals surface area contributed by atoms with Crippen molar-refractivity contribution in [3.05, 3.63) is 0 Å². The van der Waals surface area contributed by atoms with Crippen LogP contribution in [-0.4, -0.2) is 74.8 Å². The van der Waals surface area contributed by atoms with Gasteiger partial charge in [-0.2, -0.15) is 0 Å². The molecule has 2 nitrogen and oxygen atoms in total. The summed E-state index contributed by atoms with van der Waals surface area (Å²) in [6.45, 7) is 3.86. The molecule has 0 bridgehead atoms. The fourth-order valence-electron chi connectivity index (χ4n) is 0. The van der Waals surface area contributed by atoms with Crippen molar-refractivity contribution in [1.29, 1.82) is 0 Å². The van der Waals surface area contributed by atoms with Gasteiger partial charge in [-0.3, -0.25) is 0 Å². The molecule has 0 aromatic carbocycles. The molecule has 0 fully saturated rings. The smallest absolute Gasteiger partial charge is 0.0402 e. The minimum Gasteiger partial charge on any atom is -0.397 e. The van der Waals surface area contributed by atoms with Crippen LogP contribution in [-0.2, 0) is 0 Å². The Morgan fingerprint density at radius 2 is 1.00 bits per heavy atom.